The summed E-state index contributed by atoms with van der Waals surface area (Å²) < 4.78 is 49.4. The van der Waals surface area contributed by atoms with E-state index in [4.69, 9.17) is 5.14 Å². The summed E-state index contributed by atoms with van der Waals surface area (Å²) in [4.78, 5) is 11.1. The molecule has 2 rings (SSSR count). The van der Waals surface area contributed by atoms with Crippen LogP contribution in [0.15, 0.2) is 17.0 Å². The number of sulfonamides is 1. The van der Waals surface area contributed by atoms with E-state index in [1.807, 2.05) is 6.92 Å². The van der Waals surface area contributed by atoms with Crippen molar-refractivity contribution in [2.75, 3.05) is 0 Å². The van der Waals surface area contributed by atoms with Gasteiger partial charge in [0.05, 0.1) is 5.56 Å². The van der Waals surface area contributed by atoms with E-state index in [-0.39, 0.29) is 6.04 Å². The molecule has 3 N–H and O–H groups in total. The zero-order chi connectivity index (χ0) is 15.8. The molecule has 1 saturated carbocycles. The molecule has 1 amide bonds. The number of carbonyl (C=O) groups excluding carboxylic acids is 1. The number of amides is 1. The largest absolute Gasteiger partial charge is 0.349 e. The van der Waals surface area contributed by atoms with Gasteiger partial charge in [0.1, 0.15) is 16.5 Å². The van der Waals surface area contributed by atoms with E-state index in [0.717, 1.165) is 19.3 Å². The van der Waals surface area contributed by atoms with Crippen molar-refractivity contribution in [2.24, 2.45) is 11.1 Å². The molecule has 0 heterocycles. The maximum Gasteiger partial charge on any atom is 0.254 e. The zero-order valence-corrected chi connectivity index (χ0v) is 12.2. The number of primary sulfonamides is 1. The van der Waals surface area contributed by atoms with Crippen molar-refractivity contribution in [2.45, 2.75) is 37.1 Å². The second-order valence-corrected chi connectivity index (χ2v) is 6.70. The van der Waals surface area contributed by atoms with Crippen molar-refractivity contribution in [3.63, 3.8) is 0 Å². The van der Waals surface area contributed by atoms with Gasteiger partial charge in [-0.25, -0.2) is 22.3 Å². The molecule has 21 heavy (non-hydrogen) atoms. The summed E-state index contributed by atoms with van der Waals surface area (Å²) >= 11 is 0. The fraction of sp³-hybridized carbons (Fsp3) is 0.462. The topological polar surface area (TPSA) is 89.3 Å². The monoisotopic (exact) mass is 318 g/mol. The highest BCUT2D eigenvalue weighted by Crippen LogP contribution is 2.34. The minimum atomic E-state index is -4.36. The van der Waals surface area contributed by atoms with Crippen LogP contribution in [0.2, 0.25) is 0 Å². The number of hydrogen-bond acceptors (Lipinski definition) is 3. The summed E-state index contributed by atoms with van der Waals surface area (Å²) in [5, 5.41) is 7.44. The zero-order valence-electron chi connectivity index (χ0n) is 11.4. The molecular weight excluding hydrogens is 302 g/mol. The first kappa shape index (κ1) is 15.8. The average Bonchev–Trinajstić information content (AvgIpc) is 3.05. The van der Waals surface area contributed by atoms with Crippen LogP contribution in [0.4, 0.5) is 8.78 Å². The Hall–Kier alpha value is -1.54. The maximum absolute atomic E-state index is 13.6. The Balaban J connectivity index is 2.22. The molecule has 0 spiro atoms. The van der Waals surface area contributed by atoms with Gasteiger partial charge in [0.15, 0.2) is 0 Å². The van der Waals surface area contributed by atoms with Crippen molar-refractivity contribution in [3.8, 4) is 0 Å². The van der Waals surface area contributed by atoms with Crippen LogP contribution in [0.1, 0.15) is 36.5 Å². The minimum absolute atomic E-state index is 0.0418. The molecule has 1 aromatic carbocycles. The molecular formula is C13H16F2N2O3S. The molecule has 1 aliphatic carbocycles. The number of nitrogens with two attached hydrogens (primary N) is 1. The molecule has 0 aromatic heterocycles. The SMILES string of the molecule is CCCC1CC1NC(=O)c1cc(S(N)(=O)=O)c(F)cc1F. The van der Waals surface area contributed by atoms with E-state index >= 15 is 0 Å². The smallest absolute Gasteiger partial charge is 0.254 e. The lowest BCUT2D eigenvalue weighted by Crippen LogP contribution is -2.28. The van der Waals surface area contributed by atoms with E-state index < -0.39 is 38.0 Å². The Bertz CT molecular complexity index is 676. The third kappa shape index (κ3) is 3.56. The van der Waals surface area contributed by atoms with Crippen LogP contribution in [-0.2, 0) is 10.0 Å². The Morgan fingerprint density at radius 1 is 1.38 bits per heavy atom. The van der Waals surface area contributed by atoms with Gasteiger partial charge in [-0.05, 0) is 24.8 Å². The van der Waals surface area contributed by atoms with E-state index in [0.29, 0.717) is 18.1 Å². The van der Waals surface area contributed by atoms with Crippen LogP contribution in [-0.4, -0.2) is 20.4 Å². The highest BCUT2D eigenvalue weighted by atomic mass is 32.2. The molecule has 116 valence electrons. The van der Waals surface area contributed by atoms with Gasteiger partial charge < -0.3 is 5.32 Å². The fourth-order valence-corrected chi connectivity index (χ4v) is 2.89. The number of rotatable bonds is 5. The maximum atomic E-state index is 13.6. The van der Waals surface area contributed by atoms with Crippen molar-refractivity contribution in [1.29, 1.82) is 0 Å². The molecule has 1 aromatic rings. The van der Waals surface area contributed by atoms with Gasteiger partial charge in [-0.1, -0.05) is 13.3 Å². The first-order chi connectivity index (χ1) is 9.74. The summed E-state index contributed by atoms with van der Waals surface area (Å²) in [6.07, 6.45) is 2.75. The highest BCUT2D eigenvalue weighted by molar-refractivity contribution is 7.89. The Kier molecular flexibility index (Phi) is 4.29. The van der Waals surface area contributed by atoms with Crippen molar-refractivity contribution in [1.82, 2.24) is 5.32 Å². The second kappa shape index (κ2) is 5.69. The summed E-state index contributed by atoms with van der Waals surface area (Å²) in [5.74, 6) is -2.84. The first-order valence-electron chi connectivity index (χ1n) is 6.56. The van der Waals surface area contributed by atoms with Crippen molar-refractivity contribution in [3.05, 3.63) is 29.3 Å². The predicted molar refractivity (Wildman–Crippen MR) is 72.0 cm³/mol. The van der Waals surface area contributed by atoms with Gasteiger partial charge in [0.25, 0.3) is 5.91 Å². The molecule has 1 aliphatic rings. The van der Waals surface area contributed by atoms with Crippen LogP contribution in [0.25, 0.3) is 0 Å². The summed E-state index contributed by atoms with van der Waals surface area (Å²) in [6, 6.07) is 0.942. The number of nitrogens with one attached hydrogen (secondary N) is 1. The number of hydrogen-bond donors (Lipinski definition) is 2. The summed E-state index contributed by atoms with van der Waals surface area (Å²) in [5.41, 5.74) is -0.525. The van der Waals surface area contributed by atoms with E-state index in [2.05, 4.69) is 5.32 Å². The average molecular weight is 318 g/mol. The lowest BCUT2D eigenvalue weighted by Gasteiger charge is -2.08. The first-order valence-corrected chi connectivity index (χ1v) is 8.11. The van der Waals surface area contributed by atoms with E-state index in [9.17, 15) is 22.0 Å². The molecule has 0 saturated heterocycles. The molecule has 1 fully saturated rings. The molecule has 0 aliphatic heterocycles. The quantitative estimate of drug-likeness (QED) is 0.863. The Morgan fingerprint density at radius 3 is 2.62 bits per heavy atom. The van der Waals surface area contributed by atoms with E-state index in [1.165, 1.54) is 0 Å². The van der Waals surface area contributed by atoms with E-state index in [1.54, 1.807) is 0 Å². The van der Waals surface area contributed by atoms with Gasteiger partial charge in [-0.2, -0.15) is 0 Å². The van der Waals surface area contributed by atoms with Crippen LogP contribution in [0.5, 0.6) is 0 Å². The highest BCUT2D eigenvalue weighted by Gasteiger charge is 2.37. The second-order valence-electron chi connectivity index (χ2n) is 5.17. The van der Waals surface area contributed by atoms with Gasteiger partial charge in [0, 0.05) is 12.1 Å². The number of halogens is 2. The van der Waals surface area contributed by atoms with Gasteiger partial charge in [-0.3, -0.25) is 4.79 Å². The normalized spacial score (nSPS) is 21.1. The van der Waals surface area contributed by atoms with Crippen molar-refractivity contribution >= 4 is 15.9 Å². The molecule has 8 heteroatoms. The molecule has 5 nitrogen and oxygen atoms in total. The molecule has 2 unspecified atom stereocenters. The Morgan fingerprint density at radius 2 is 2.05 bits per heavy atom. The summed E-state index contributed by atoms with van der Waals surface area (Å²) in [6.45, 7) is 2.02. The van der Waals surface area contributed by atoms with Gasteiger partial charge in [-0.15, -0.1) is 0 Å². The van der Waals surface area contributed by atoms with Crippen molar-refractivity contribution < 1.29 is 22.0 Å². The molecule has 0 bridgehead atoms. The summed E-state index contributed by atoms with van der Waals surface area (Å²) in [7, 11) is -4.36. The van der Waals surface area contributed by atoms with Gasteiger partial charge >= 0.3 is 0 Å². The van der Waals surface area contributed by atoms with Gasteiger partial charge in [0.2, 0.25) is 10.0 Å². The van der Waals surface area contributed by atoms with Crippen LogP contribution in [0.3, 0.4) is 0 Å². The lowest BCUT2D eigenvalue weighted by molar-refractivity contribution is 0.0944. The predicted octanol–water partition coefficient (Wildman–Crippen LogP) is 1.53. The minimum Gasteiger partial charge on any atom is -0.349 e. The molecule has 2 atom stereocenters. The number of benzene rings is 1. The van der Waals surface area contributed by atoms with Crippen LogP contribution < -0.4 is 10.5 Å². The van der Waals surface area contributed by atoms with Crippen LogP contribution >= 0.6 is 0 Å². The lowest BCUT2D eigenvalue weighted by atomic mass is 10.2. The standard InChI is InChI=1S/C13H16F2N2O3S/c1-2-3-7-4-11(7)17-13(18)8-5-12(21(16,19)20)10(15)6-9(8)14/h5-7,11H,2-4H2,1H3,(H,17,18)(H2,16,19,20). The fourth-order valence-electron chi connectivity index (χ4n) is 2.28. The third-order valence-electron chi connectivity index (χ3n) is 3.47. The third-order valence-corrected chi connectivity index (χ3v) is 4.40. The number of carbonyl (C=O) groups is 1. The van der Waals surface area contributed by atoms with Crippen LogP contribution in [0, 0.1) is 17.6 Å². The Labute approximate surface area is 121 Å². The molecule has 0 radical (unpaired) electrons.